The maximum Gasteiger partial charge on any atom is 0.270 e. The molecule has 2 aromatic rings. The quantitative estimate of drug-likeness (QED) is 0.337. The minimum Gasteiger partial charge on any atom is -0.289 e. The summed E-state index contributed by atoms with van der Waals surface area (Å²) in [5, 5.41) is 15.6. The molecular formula is C17H18ClN3O3. The highest BCUT2D eigenvalue weighted by Crippen LogP contribution is 2.23. The highest BCUT2D eigenvalue weighted by molar-refractivity contribution is 6.31. The van der Waals surface area contributed by atoms with Crippen LogP contribution in [0.2, 0.25) is 5.15 Å². The van der Waals surface area contributed by atoms with E-state index in [-0.39, 0.29) is 17.0 Å². The zero-order chi connectivity index (χ0) is 17.9. The Kier molecular flexibility index (Phi) is 5.51. The Labute approximate surface area is 144 Å². The van der Waals surface area contributed by atoms with Gasteiger partial charge in [-0.25, -0.2) is 0 Å². The Hall–Kier alpha value is -2.47. The van der Waals surface area contributed by atoms with Crippen LogP contribution in [0.25, 0.3) is 6.08 Å². The number of carbonyl (C=O) groups excluding carboxylic acids is 1. The van der Waals surface area contributed by atoms with Gasteiger partial charge in [-0.3, -0.25) is 19.6 Å². The molecule has 0 aliphatic heterocycles. The molecule has 24 heavy (non-hydrogen) atoms. The van der Waals surface area contributed by atoms with Crippen molar-refractivity contribution in [3.63, 3.8) is 0 Å². The van der Waals surface area contributed by atoms with Crippen molar-refractivity contribution in [2.24, 2.45) is 5.92 Å². The summed E-state index contributed by atoms with van der Waals surface area (Å²) in [5.74, 6) is 0.0657. The summed E-state index contributed by atoms with van der Waals surface area (Å²) in [5.41, 5.74) is 1.54. The summed E-state index contributed by atoms with van der Waals surface area (Å²) in [4.78, 5) is 22.5. The van der Waals surface area contributed by atoms with E-state index in [4.69, 9.17) is 11.6 Å². The van der Waals surface area contributed by atoms with Crippen LogP contribution >= 0.6 is 11.6 Å². The van der Waals surface area contributed by atoms with Crippen molar-refractivity contribution in [3.8, 4) is 0 Å². The molecule has 2 rings (SSSR count). The number of nitro groups is 1. The van der Waals surface area contributed by atoms with Crippen LogP contribution < -0.4 is 0 Å². The Bertz CT molecular complexity index is 809. The third-order valence-electron chi connectivity index (χ3n) is 3.39. The van der Waals surface area contributed by atoms with Crippen molar-refractivity contribution in [1.82, 2.24) is 9.78 Å². The van der Waals surface area contributed by atoms with E-state index in [9.17, 15) is 14.9 Å². The summed E-state index contributed by atoms with van der Waals surface area (Å²) < 4.78 is 1.71. The molecule has 7 heteroatoms. The number of hydrogen-bond acceptors (Lipinski definition) is 4. The van der Waals surface area contributed by atoms with Crippen molar-refractivity contribution in [3.05, 3.63) is 62.4 Å². The van der Waals surface area contributed by atoms with Gasteiger partial charge in [0.1, 0.15) is 5.15 Å². The van der Waals surface area contributed by atoms with Gasteiger partial charge in [0.25, 0.3) is 5.69 Å². The highest BCUT2D eigenvalue weighted by Gasteiger charge is 2.13. The van der Waals surface area contributed by atoms with Crippen molar-refractivity contribution in [2.75, 3.05) is 0 Å². The van der Waals surface area contributed by atoms with Gasteiger partial charge in [-0.1, -0.05) is 37.6 Å². The number of allylic oxidation sites excluding steroid dienone is 1. The van der Waals surface area contributed by atoms with E-state index in [2.05, 4.69) is 18.9 Å². The lowest BCUT2D eigenvalue weighted by Crippen LogP contribution is -2.06. The van der Waals surface area contributed by atoms with Crippen LogP contribution in [-0.2, 0) is 6.54 Å². The van der Waals surface area contributed by atoms with Crippen molar-refractivity contribution in [2.45, 2.75) is 27.3 Å². The number of rotatable bonds is 6. The molecule has 0 saturated carbocycles. The molecule has 6 nitrogen and oxygen atoms in total. The predicted octanol–water partition coefficient (Wildman–Crippen LogP) is 4.31. The number of benzene rings is 1. The minimum atomic E-state index is -0.530. The second-order valence-electron chi connectivity index (χ2n) is 5.87. The van der Waals surface area contributed by atoms with Crippen LogP contribution in [0.1, 0.15) is 35.5 Å². The number of hydrogen-bond donors (Lipinski definition) is 0. The van der Waals surface area contributed by atoms with E-state index in [0.29, 0.717) is 23.2 Å². The zero-order valence-corrected chi connectivity index (χ0v) is 14.4. The summed E-state index contributed by atoms with van der Waals surface area (Å²) in [6.07, 6.45) is 2.96. The van der Waals surface area contributed by atoms with E-state index in [1.54, 1.807) is 10.8 Å². The minimum absolute atomic E-state index is 0.117. The normalized spacial score (nSPS) is 11.4. The van der Waals surface area contributed by atoms with E-state index in [1.165, 1.54) is 30.3 Å². The van der Waals surface area contributed by atoms with E-state index >= 15 is 0 Å². The lowest BCUT2D eigenvalue weighted by atomic mass is 10.1. The van der Waals surface area contributed by atoms with Crippen molar-refractivity contribution >= 4 is 29.1 Å². The summed E-state index contributed by atoms with van der Waals surface area (Å²) in [6.45, 7) is 6.63. The molecule has 0 unspecified atom stereocenters. The first-order valence-corrected chi connectivity index (χ1v) is 7.87. The molecule has 0 aliphatic rings. The Balaban J connectivity index is 2.25. The summed E-state index contributed by atoms with van der Waals surface area (Å²) in [7, 11) is 0. The maximum atomic E-state index is 12.2. The van der Waals surface area contributed by atoms with Gasteiger partial charge in [0.05, 0.1) is 10.6 Å². The Morgan fingerprint density at radius 1 is 1.46 bits per heavy atom. The smallest absolute Gasteiger partial charge is 0.270 e. The first-order valence-electron chi connectivity index (χ1n) is 7.49. The van der Waals surface area contributed by atoms with Gasteiger partial charge in [-0.2, -0.15) is 5.10 Å². The van der Waals surface area contributed by atoms with Crippen LogP contribution in [0.5, 0.6) is 0 Å². The van der Waals surface area contributed by atoms with Crippen LogP contribution in [0.15, 0.2) is 30.3 Å². The fraction of sp³-hybridized carbons (Fsp3) is 0.294. The monoisotopic (exact) mass is 347 g/mol. The van der Waals surface area contributed by atoms with Gasteiger partial charge in [-0.05, 0) is 25.0 Å². The number of non-ortho nitro benzene ring substituents is 1. The third kappa shape index (κ3) is 4.08. The number of nitro benzene ring substituents is 1. The first kappa shape index (κ1) is 17.9. The Morgan fingerprint density at radius 2 is 2.17 bits per heavy atom. The molecule has 1 aromatic carbocycles. The molecule has 0 spiro atoms. The standard InChI is InChI=1S/C17H18ClN3O3/c1-11(2)10-20-17(18)15(12(3)19-20)7-8-16(22)13-5-4-6-14(9-13)21(23)24/h4-9,11H,10H2,1-3H3/b8-7+. The molecule has 1 heterocycles. The van der Waals surface area contributed by atoms with Crippen LogP contribution in [-0.4, -0.2) is 20.5 Å². The average Bonchev–Trinajstić information content (AvgIpc) is 2.78. The zero-order valence-electron chi connectivity index (χ0n) is 13.7. The molecule has 0 amide bonds. The summed E-state index contributed by atoms with van der Waals surface area (Å²) in [6, 6.07) is 5.62. The fourth-order valence-electron chi connectivity index (χ4n) is 2.25. The van der Waals surface area contributed by atoms with Gasteiger partial charge in [-0.15, -0.1) is 0 Å². The first-order chi connectivity index (χ1) is 11.3. The number of nitrogens with zero attached hydrogens (tertiary/aromatic N) is 3. The SMILES string of the molecule is Cc1nn(CC(C)C)c(Cl)c1/C=C/C(=O)c1cccc([N+](=O)[O-])c1. The number of ketones is 1. The lowest BCUT2D eigenvalue weighted by molar-refractivity contribution is -0.384. The van der Waals surface area contributed by atoms with E-state index < -0.39 is 4.92 Å². The molecule has 0 bridgehead atoms. The molecule has 0 saturated heterocycles. The molecule has 0 N–H and O–H groups in total. The Morgan fingerprint density at radius 3 is 2.79 bits per heavy atom. The molecule has 0 radical (unpaired) electrons. The molecule has 0 atom stereocenters. The second-order valence-corrected chi connectivity index (χ2v) is 6.23. The maximum absolute atomic E-state index is 12.2. The van der Waals surface area contributed by atoms with Crippen molar-refractivity contribution in [1.29, 1.82) is 0 Å². The molecule has 0 aliphatic carbocycles. The van der Waals surface area contributed by atoms with Crippen LogP contribution in [0.4, 0.5) is 5.69 Å². The summed E-state index contributed by atoms with van der Waals surface area (Å²) >= 11 is 6.32. The molecular weight excluding hydrogens is 330 g/mol. The topological polar surface area (TPSA) is 78.0 Å². The average molecular weight is 348 g/mol. The largest absolute Gasteiger partial charge is 0.289 e. The van der Waals surface area contributed by atoms with E-state index in [0.717, 1.165) is 5.69 Å². The predicted molar refractivity (Wildman–Crippen MR) is 93.3 cm³/mol. The van der Waals surface area contributed by atoms with Gasteiger partial charge in [0.15, 0.2) is 5.78 Å². The van der Waals surface area contributed by atoms with Gasteiger partial charge >= 0.3 is 0 Å². The van der Waals surface area contributed by atoms with Gasteiger partial charge in [0.2, 0.25) is 0 Å². The molecule has 0 fully saturated rings. The highest BCUT2D eigenvalue weighted by atomic mass is 35.5. The van der Waals surface area contributed by atoms with E-state index in [1.807, 2.05) is 6.92 Å². The number of aryl methyl sites for hydroxylation is 1. The number of carbonyl (C=O) groups is 1. The van der Waals surface area contributed by atoms with Crippen LogP contribution in [0.3, 0.4) is 0 Å². The number of halogens is 1. The molecule has 1 aromatic heterocycles. The van der Waals surface area contributed by atoms with Gasteiger partial charge in [0, 0.05) is 29.8 Å². The third-order valence-corrected chi connectivity index (χ3v) is 3.79. The van der Waals surface area contributed by atoms with Gasteiger partial charge < -0.3 is 0 Å². The van der Waals surface area contributed by atoms with Crippen molar-refractivity contribution < 1.29 is 9.72 Å². The lowest BCUT2D eigenvalue weighted by Gasteiger charge is -2.05. The second kappa shape index (κ2) is 7.40. The number of aromatic nitrogens is 2. The fourth-order valence-corrected chi connectivity index (χ4v) is 2.56. The molecule has 126 valence electrons. The van der Waals surface area contributed by atoms with Crippen LogP contribution in [0, 0.1) is 23.0 Å².